The Hall–Kier alpha value is -0.610. The molecule has 0 heterocycles. The van der Waals surface area contributed by atoms with Gasteiger partial charge in [-0.15, -0.1) is 13.2 Å². The third-order valence-electron chi connectivity index (χ3n) is 0.258. The smallest absolute Gasteiger partial charge is 0.548 e. The van der Waals surface area contributed by atoms with Crippen molar-refractivity contribution in [3.05, 3.63) is 13.2 Å². The molecule has 0 aromatic heterocycles. The number of carboxylic acid groups (broad SMARTS) is 2. The second-order valence-corrected chi connectivity index (χ2v) is 1.06. The summed E-state index contributed by atoms with van der Waals surface area (Å²) >= 11 is 0. The molecule has 0 aliphatic heterocycles. The Kier molecular flexibility index (Phi) is 39.5. The fraction of sp³-hybridized carbons (Fsp3) is 0.333. The largest absolute Gasteiger partial charge is 2.00 e. The molecule has 0 bridgehead atoms. The van der Waals surface area contributed by atoms with Crippen molar-refractivity contribution < 1.29 is 30.0 Å². The van der Waals surface area contributed by atoms with Crippen molar-refractivity contribution in [2.75, 3.05) is 13.2 Å². The van der Waals surface area contributed by atoms with Gasteiger partial charge >= 0.3 is 23.7 Å². The number of aliphatic hydroxyl groups excluding tert-OH is 2. The van der Waals surface area contributed by atoms with Crippen molar-refractivity contribution >= 4 is 35.6 Å². The average Bonchev–Trinajstić information content (AvgIpc) is 2.09. The second-order valence-electron chi connectivity index (χ2n) is 1.06. The summed E-state index contributed by atoms with van der Waals surface area (Å²) in [7, 11) is 0. The molecule has 0 saturated carbocycles. The maximum Gasteiger partial charge on any atom is 2.00 e. The van der Waals surface area contributed by atoms with Gasteiger partial charge in [-0.1, -0.05) is 0 Å². The molecule has 0 spiro atoms. The van der Waals surface area contributed by atoms with Crippen molar-refractivity contribution in [3.8, 4) is 0 Å². The molecule has 2 N–H and O–H groups in total. The van der Waals surface area contributed by atoms with E-state index in [1.54, 1.807) is 0 Å². The minimum absolute atomic E-state index is 0. The Bertz CT molecular complexity index is 112. The molecule has 6 nitrogen and oxygen atoms in total. The quantitative estimate of drug-likeness (QED) is 0.395. The van der Waals surface area contributed by atoms with Crippen LogP contribution in [0, 0.1) is 0 Å². The monoisotopic (exact) mass is 308 g/mol. The number of carbonyl (C=O) groups is 2. The summed E-state index contributed by atoms with van der Waals surface area (Å²) in [4.78, 5) is 18.0. The summed E-state index contributed by atoms with van der Waals surface area (Å²) in [6.07, 6.45) is 0. The van der Waals surface area contributed by atoms with E-state index in [-0.39, 0.29) is 23.7 Å². The topological polar surface area (TPSA) is 121 Å². The normalized spacial score (nSPS) is 6.00. The average molecular weight is 306 g/mol. The number of hydrogen-bond acceptors (Lipinski definition) is 6. The molecule has 0 saturated heterocycles. The first kappa shape index (κ1) is 22.8. The van der Waals surface area contributed by atoms with Gasteiger partial charge < -0.3 is 30.0 Å². The Balaban J connectivity index is -0.0000000491. The van der Waals surface area contributed by atoms with Crippen LogP contribution < -0.4 is 10.2 Å². The number of aliphatic carboxylic acids is 2. The molecule has 0 rings (SSSR count). The van der Waals surface area contributed by atoms with Crippen molar-refractivity contribution in [1.82, 2.24) is 0 Å². The standard InChI is InChI=1S/2C2H4O3.C2H4.Te/c2*3-1-2(4)5;1-2;/h2*3H,1H2,(H,4,5);1-2H2;/q;;;+2/p-2. The zero-order valence-corrected chi connectivity index (χ0v) is 9.09. The Morgan fingerprint density at radius 3 is 1.08 bits per heavy atom. The third kappa shape index (κ3) is 87.4. The number of rotatable bonds is 2. The molecule has 0 fully saturated rings. The zero-order valence-electron chi connectivity index (χ0n) is 6.76. The molecule has 0 aliphatic rings. The van der Waals surface area contributed by atoms with Gasteiger partial charge in [0.05, 0.1) is 25.2 Å². The summed E-state index contributed by atoms with van der Waals surface area (Å²) < 4.78 is 0. The van der Waals surface area contributed by atoms with Crippen LogP contribution in [0.4, 0.5) is 0 Å². The maximum absolute atomic E-state index is 9.01. The van der Waals surface area contributed by atoms with Gasteiger partial charge in [0.1, 0.15) is 0 Å². The second kappa shape index (κ2) is 22.5. The molecular formula is C6H10O6Te. The molecule has 0 aromatic carbocycles. The van der Waals surface area contributed by atoms with Gasteiger partial charge in [-0.2, -0.15) is 0 Å². The van der Waals surface area contributed by atoms with Gasteiger partial charge in [0.2, 0.25) is 0 Å². The van der Waals surface area contributed by atoms with E-state index in [0.717, 1.165) is 0 Å². The van der Waals surface area contributed by atoms with Crippen LogP contribution in [0.15, 0.2) is 13.2 Å². The zero-order chi connectivity index (χ0) is 10.6. The molecule has 76 valence electrons. The molecule has 13 heavy (non-hydrogen) atoms. The molecule has 4 radical (unpaired) electrons. The van der Waals surface area contributed by atoms with Gasteiger partial charge in [-0.05, 0) is 0 Å². The van der Waals surface area contributed by atoms with Crippen molar-refractivity contribution in [2.24, 2.45) is 0 Å². The number of hydrogen-bond donors (Lipinski definition) is 2. The summed E-state index contributed by atoms with van der Waals surface area (Å²) in [5.74, 6) is -2.88. The van der Waals surface area contributed by atoms with Crippen LogP contribution >= 0.6 is 0 Å². The van der Waals surface area contributed by atoms with E-state index in [1.165, 1.54) is 0 Å². The Morgan fingerprint density at radius 1 is 1.00 bits per heavy atom. The number of carbonyl (C=O) groups excluding carboxylic acids is 2. The molecule has 0 aliphatic carbocycles. The van der Waals surface area contributed by atoms with Crippen LogP contribution in [0.5, 0.6) is 0 Å². The fourth-order valence-electron chi connectivity index (χ4n) is 0. The van der Waals surface area contributed by atoms with Crippen LogP contribution in [-0.2, 0) is 9.59 Å². The SMILES string of the molecule is C=C.O=C([O-])CO.O=C([O-])CO.[Te+2]. The summed E-state index contributed by atoms with van der Waals surface area (Å²) in [6.45, 7) is 4.22. The van der Waals surface area contributed by atoms with Crippen LogP contribution in [0.2, 0.25) is 0 Å². The van der Waals surface area contributed by atoms with Gasteiger partial charge in [0.25, 0.3) is 0 Å². The van der Waals surface area contributed by atoms with E-state index in [9.17, 15) is 0 Å². The predicted molar refractivity (Wildman–Crippen MR) is 41.2 cm³/mol. The third-order valence-corrected chi connectivity index (χ3v) is 0.258. The van der Waals surface area contributed by atoms with Crippen molar-refractivity contribution in [2.45, 2.75) is 0 Å². The van der Waals surface area contributed by atoms with E-state index >= 15 is 0 Å². The van der Waals surface area contributed by atoms with Crippen LogP contribution in [-0.4, -0.2) is 59.0 Å². The van der Waals surface area contributed by atoms with E-state index in [2.05, 4.69) is 13.2 Å². The van der Waals surface area contributed by atoms with Crippen LogP contribution in [0.25, 0.3) is 0 Å². The molecule has 0 unspecified atom stereocenters. The number of aliphatic hydroxyl groups is 2. The van der Waals surface area contributed by atoms with E-state index in [1.807, 2.05) is 0 Å². The minimum Gasteiger partial charge on any atom is -0.548 e. The van der Waals surface area contributed by atoms with Gasteiger partial charge in [0.15, 0.2) is 0 Å². The summed E-state index contributed by atoms with van der Waals surface area (Å²) in [5.41, 5.74) is 0. The Morgan fingerprint density at radius 2 is 1.08 bits per heavy atom. The van der Waals surface area contributed by atoms with E-state index in [0.29, 0.717) is 0 Å². The fourth-order valence-corrected chi connectivity index (χ4v) is 0. The van der Waals surface area contributed by atoms with E-state index < -0.39 is 25.2 Å². The molecule has 7 heteroatoms. The maximum atomic E-state index is 9.01. The summed E-state index contributed by atoms with van der Waals surface area (Å²) in [5, 5.41) is 33.0. The van der Waals surface area contributed by atoms with Crippen molar-refractivity contribution in [1.29, 1.82) is 0 Å². The van der Waals surface area contributed by atoms with Gasteiger partial charge in [0, 0.05) is 0 Å². The number of carboxylic acids is 2. The first-order valence-electron chi connectivity index (χ1n) is 2.66. The van der Waals surface area contributed by atoms with Gasteiger partial charge in [-0.25, -0.2) is 0 Å². The van der Waals surface area contributed by atoms with E-state index in [4.69, 9.17) is 30.0 Å². The molecule has 0 atom stereocenters. The minimum atomic E-state index is -1.44. The van der Waals surface area contributed by atoms with Crippen LogP contribution in [0.1, 0.15) is 0 Å². The first-order valence-corrected chi connectivity index (χ1v) is 2.66. The predicted octanol–water partition coefficient (Wildman–Crippen LogP) is -4.12. The molecular weight excluding hydrogens is 296 g/mol. The van der Waals surface area contributed by atoms with Gasteiger partial charge in [-0.3, -0.25) is 0 Å². The first-order chi connectivity index (χ1) is 5.54. The Labute approximate surface area is 92.2 Å². The molecule has 0 aromatic rings. The molecule has 0 amide bonds. The van der Waals surface area contributed by atoms with Crippen LogP contribution in [0.3, 0.4) is 0 Å². The van der Waals surface area contributed by atoms with Crippen molar-refractivity contribution in [3.63, 3.8) is 0 Å². The summed E-state index contributed by atoms with van der Waals surface area (Å²) in [6, 6.07) is 0.